The van der Waals surface area contributed by atoms with E-state index in [0.717, 1.165) is 19.8 Å². The molecule has 0 fully saturated rings. The van der Waals surface area contributed by atoms with Gasteiger partial charge in [0, 0.05) is 5.92 Å². The first-order valence-corrected chi connectivity index (χ1v) is 4.56. The van der Waals surface area contributed by atoms with Crippen molar-refractivity contribution in [3.63, 3.8) is 0 Å². The molecular weight excluding hydrogens is 152 g/mol. The maximum Gasteiger partial charge on any atom is 0.0650 e. The zero-order valence-corrected chi connectivity index (χ0v) is 8.17. The third kappa shape index (κ3) is 2.95. The summed E-state index contributed by atoms with van der Waals surface area (Å²) in [5, 5.41) is 0. The van der Waals surface area contributed by atoms with Crippen molar-refractivity contribution in [3.8, 4) is 0 Å². The molecule has 1 atom stereocenters. The molecule has 0 aliphatic carbocycles. The van der Waals surface area contributed by atoms with Gasteiger partial charge < -0.3 is 9.47 Å². The van der Waals surface area contributed by atoms with Crippen LogP contribution >= 0.6 is 0 Å². The van der Waals surface area contributed by atoms with E-state index in [1.54, 1.807) is 0 Å². The Morgan fingerprint density at radius 1 is 1.67 bits per heavy atom. The lowest BCUT2D eigenvalue weighted by molar-refractivity contribution is 0.0238. The summed E-state index contributed by atoms with van der Waals surface area (Å²) >= 11 is 0. The molecule has 0 saturated heterocycles. The van der Waals surface area contributed by atoms with Crippen LogP contribution < -0.4 is 0 Å². The molecule has 0 aromatic carbocycles. The Morgan fingerprint density at radius 3 is 3.00 bits per heavy atom. The molecule has 12 heavy (non-hydrogen) atoms. The molecule has 0 amide bonds. The highest BCUT2D eigenvalue weighted by molar-refractivity contribution is 5.06. The molecule has 1 aliphatic rings. The minimum absolute atomic E-state index is 0.319. The molecular formula is C10H18O2. The van der Waals surface area contributed by atoms with E-state index in [1.807, 2.05) is 0 Å². The topological polar surface area (TPSA) is 18.5 Å². The van der Waals surface area contributed by atoms with E-state index in [-0.39, 0.29) is 0 Å². The van der Waals surface area contributed by atoms with E-state index < -0.39 is 0 Å². The van der Waals surface area contributed by atoms with Crippen LogP contribution in [-0.2, 0) is 9.47 Å². The Morgan fingerprint density at radius 2 is 2.42 bits per heavy atom. The highest BCUT2D eigenvalue weighted by Crippen LogP contribution is 2.16. The molecule has 1 aliphatic heterocycles. The van der Waals surface area contributed by atoms with Crippen LogP contribution in [0.25, 0.3) is 0 Å². The van der Waals surface area contributed by atoms with Crippen LogP contribution in [0.3, 0.4) is 0 Å². The van der Waals surface area contributed by atoms with Gasteiger partial charge in [-0.3, -0.25) is 0 Å². The van der Waals surface area contributed by atoms with E-state index in [1.165, 1.54) is 5.57 Å². The van der Waals surface area contributed by atoms with Crippen molar-refractivity contribution in [1.29, 1.82) is 0 Å². The van der Waals surface area contributed by atoms with Gasteiger partial charge in [0.25, 0.3) is 0 Å². The van der Waals surface area contributed by atoms with Crippen molar-refractivity contribution < 1.29 is 9.47 Å². The fraction of sp³-hybridized carbons (Fsp3) is 0.800. The monoisotopic (exact) mass is 170 g/mol. The zero-order chi connectivity index (χ0) is 8.97. The molecule has 0 aromatic heterocycles. The number of ether oxygens (including phenoxy) is 2. The summed E-state index contributed by atoms with van der Waals surface area (Å²) in [6.07, 6.45) is 2.46. The smallest absolute Gasteiger partial charge is 0.0650 e. The molecule has 0 aromatic rings. The van der Waals surface area contributed by atoms with Gasteiger partial charge in [0.2, 0.25) is 0 Å². The zero-order valence-electron chi connectivity index (χ0n) is 8.17. The van der Waals surface area contributed by atoms with Crippen LogP contribution in [0.1, 0.15) is 20.8 Å². The predicted octanol–water partition coefficient (Wildman–Crippen LogP) is 2.00. The Labute approximate surface area is 74.6 Å². The largest absolute Gasteiger partial charge is 0.378 e. The van der Waals surface area contributed by atoms with Gasteiger partial charge in [-0.2, -0.15) is 0 Å². The Bertz CT molecular complexity index is 161. The predicted molar refractivity (Wildman–Crippen MR) is 49.2 cm³/mol. The van der Waals surface area contributed by atoms with Crippen molar-refractivity contribution in [3.05, 3.63) is 11.6 Å². The van der Waals surface area contributed by atoms with Crippen LogP contribution in [0.4, 0.5) is 0 Å². The molecule has 1 unspecified atom stereocenters. The van der Waals surface area contributed by atoms with E-state index in [0.29, 0.717) is 12.0 Å². The Hall–Kier alpha value is -0.340. The summed E-state index contributed by atoms with van der Waals surface area (Å²) in [7, 11) is 0. The fourth-order valence-electron chi connectivity index (χ4n) is 1.19. The van der Waals surface area contributed by atoms with E-state index in [2.05, 4.69) is 26.8 Å². The molecule has 0 bridgehead atoms. The molecule has 1 heterocycles. The van der Waals surface area contributed by atoms with Gasteiger partial charge in [-0.25, -0.2) is 0 Å². The normalized spacial score (nSPS) is 24.3. The van der Waals surface area contributed by atoms with E-state index in [9.17, 15) is 0 Å². The summed E-state index contributed by atoms with van der Waals surface area (Å²) in [6.45, 7) is 8.64. The SMILES string of the molecule is CC1=CCOCC1COC(C)C. The summed E-state index contributed by atoms with van der Waals surface area (Å²) in [4.78, 5) is 0. The van der Waals surface area contributed by atoms with Crippen molar-refractivity contribution >= 4 is 0 Å². The minimum atomic E-state index is 0.319. The highest BCUT2D eigenvalue weighted by atomic mass is 16.5. The van der Waals surface area contributed by atoms with Crippen molar-refractivity contribution in [1.82, 2.24) is 0 Å². The second-order valence-corrected chi connectivity index (χ2v) is 3.56. The average Bonchev–Trinajstić information content (AvgIpc) is 2.03. The lowest BCUT2D eigenvalue weighted by Gasteiger charge is -2.22. The van der Waals surface area contributed by atoms with Crippen LogP contribution in [0, 0.1) is 5.92 Å². The summed E-state index contributed by atoms with van der Waals surface area (Å²) in [6, 6.07) is 0. The van der Waals surface area contributed by atoms with Crippen molar-refractivity contribution in [2.45, 2.75) is 26.9 Å². The van der Waals surface area contributed by atoms with E-state index >= 15 is 0 Å². The lowest BCUT2D eigenvalue weighted by atomic mass is 10.0. The summed E-state index contributed by atoms with van der Waals surface area (Å²) in [5.41, 5.74) is 1.40. The number of hydrogen-bond donors (Lipinski definition) is 0. The van der Waals surface area contributed by atoms with Gasteiger partial charge in [-0.1, -0.05) is 11.6 Å². The van der Waals surface area contributed by atoms with E-state index in [4.69, 9.17) is 9.47 Å². The van der Waals surface area contributed by atoms with Gasteiger partial charge in [-0.05, 0) is 20.8 Å². The first kappa shape index (κ1) is 9.75. The van der Waals surface area contributed by atoms with Crippen LogP contribution in [0.15, 0.2) is 11.6 Å². The molecule has 2 nitrogen and oxygen atoms in total. The highest BCUT2D eigenvalue weighted by Gasteiger charge is 2.15. The van der Waals surface area contributed by atoms with Gasteiger partial charge in [0.05, 0.1) is 25.9 Å². The summed E-state index contributed by atoms with van der Waals surface area (Å²) in [5.74, 6) is 0.473. The molecule has 0 N–H and O–H groups in total. The Kier molecular flexibility index (Phi) is 3.76. The third-order valence-electron chi connectivity index (χ3n) is 2.12. The van der Waals surface area contributed by atoms with Gasteiger partial charge in [0.15, 0.2) is 0 Å². The standard InChI is InChI=1S/C10H18O2/c1-8(2)12-7-10-6-11-5-4-9(10)3/h4,8,10H,5-7H2,1-3H3. The maximum atomic E-state index is 5.53. The first-order valence-electron chi connectivity index (χ1n) is 4.56. The van der Waals surface area contributed by atoms with Gasteiger partial charge in [0.1, 0.15) is 0 Å². The maximum absolute atomic E-state index is 5.53. The fourth-order valence-corrected chi connectivity index (χ4v) is 1.19. The van der Waals surface area contributed by atoms with Crippen LogP contribution in [0.2, 0.25) is 0 Å². The molecule has 0 radical (unpaired) electrons. The molecule has 70 valence electrons. The quantitative estimate of drug-likeness (QED) is 0.603. The minimum Gasteiger partial charge on any atom is -0.378 e. The second kappa shape index (κ2) is 4.63. The van der Waals surface area contributed by atoms with Crippen LogP contribution in [-0.4, -0.2) is 25.9 Å². The summed E-state index contributed by atoms with van der Waals surface area (Å²) < 4.78 is 10.9. The lowest BCUT2D eigenvalue weighted by Crippen LogP contribution is -2.23. The van der Waals surface area contributed by atoms with Crippen LogP contribution in [0.5, 0.6) is 0 Å². The average molecular weight is 170 g/mol. The second-order valence-electron chi connectivity index (χ2n) is 3.56. The van der Waals surface area contributed by atoms with Crippen molar-refractivity contribution in [2.24, 2.45) is 5.92 Å². The Balaban J connectivity index is 2.31. The van der Waals surface area contributed by atoms with Gasteiger partial charge in [-0.15, -0.1) is 0 Å². The first-order chi connectivity index (χ1) is 5.70. The van der Waals surface area contributed by atoms with Crippen molar-refractivity contribution in [2.75, 3.05) is 19.8 Å². The van der Waals surface area contributed by atoms with Gasteiger partial charge >= 0.3 is 0 Å². The number of hydrogen-bond acceptors (Lipinski definition) is 2. The molecule has 2 heteroatoms. The molecule has 1 rings (SSSR count). The number of rotatable bonds is 3. The molecule has 0 saturated carbocycles. The molecule has 0 spiro atoms. The third-order valence-corrected chi connectivity index (χ3v) is 2.12.